The Labute approximate surface area is 166 Å². The lowest BCUT2D eigenvalue weighted by atomic mass is 10.00. The minimum Gasteiger partial charge on any atom is -0.503 e. The molecule has 0 aromatic heterocycles. The molecule has 0 radical (unpaired) electrons. The zero-order chi connectivity index (χ0) is 17.0. The van der Waals surface area contributed by atoms with Crippen LogP contribution in [0, 0.1) is 0 Å². The van der Waals surface area contributed by atoms with E-state index in [4.69, 9.17) is 4.74 Å². The van der Waals surface area contributed by atoms with Crippen LogP contribution in [0.4, 0.5) is 13.2 Å². The normalized spacial score (nSPS) is 16.5. The fourth-order valence-electron chi connectivity index (χ4n) is 2.72. The summed E-state index contributed by atoms with van der Waals surface area (Å²) in [6.45, 7) is 4.48. The van der Waals surface area contributed by atoms with E-state index in [2.05, 4.69) is 21.2 Å². The van der Waals surface area contributed by atoms with Gasteiger partial charge in [-0.15, -0.1) is 24.8 Å². The maximum atomic E-state index is 13.0. The van der Waals surface area contributed by atoms with E-state index in [-0.39, 0.29) is 36.3 Å². The second-order valence-corrected chi connectivity index (χ2v) is 6.26. The SMILES string of the molecule is CCOc1cc([C@H](CC(F)(F)F)N2CCNCC2)cc(Br)c1O.Cl.Cl. The Kier molecular flexibility index (Phi) is 10.5. The highest BCUT2D eigenvalue weighted by Crippen LogP contribution is 2.41. The number of hydrogen-bond donors (Lipinski definition) is 2. The molecule has 1 atom stereocenters. The summed E-state index contributed by atoms with van der Waals surface area (Å²) in [4.78, 5) is 1.82. The summed E-state index contributed by atoms with van der Waals surface area (Å²) in [5.74, 6) is 0.0980. The summed E-state index contributed by atoms with van der Waals surface area (Å²) in [6.07, 6.45) is -5.21. The first kappa shape index (κ1) is 24.6. The highest BCUT2D eigenvalue weighted by molar-refractivity contribution is 9.10. The molecule has 0 spiro atoms. The van der Waals surface area contributed by atoms with Crippen molar-refractivity contribution in [1.29, 1.82) is 0 Å². The lowest BCUT2D eigenvalue weighted by Gasteiger charge is -2.36. The third kappa shape index (κ3) is 7.02. The second kappa shape index (κ2) is 10.7. The van der Waals surface area contributed by atoms with Crippen molar-refractivity contribution in [2.75, 3.05) is 32.8 Å². The van der Waals surface area contributed by atoms with Gasteiger partial charge in [0.2, 0.25) is 0 Å². The molecule has 1 heterocycles. The van der Waals surface area contributed by atoms with Crippen molar-refractivity contribution in [3.05, 3.63) is 22.2 Å². The third-order valence-corrected chi connectivity index (χ3v) is 4.36. The van der Waals surface area contributed by atoms with Gasteiger partial charge in [-0.2, -0.15) is 13.2 Å². The first-order chi connectivity index (χ1) is 10.8. The van der Waals surface area contributed by atoms with Crippen molar-refractivity contribution in [3.63, 3.8) is 0 Å². The van der Waals surface area contributed by atoms with Gasteiger partial charge in [0, 0.05) is 32.2 Å². The van der Waals surface area contributed by atoms with Crippen LogP contribution in [0.2, 0.25) is 0 Å². The van der Waals surface area contributed by atoms with Gasteiger partial charge in [-0.3, -0.25) is 4.90 Å². The van der Waals surface area contributed by atoms with Gasteiger partial charge in [0.05, 0.1) is 17.5 Å². The van der Waals surface area contributed by atoms with Crippen LogP contribution in [0.25, 0.3) is 0 Å². The van der Waals surface area contributed by atoms with E-state index in [1.807, 2.05) is 4.90 Å². The van der Waals surface area contributed by atoms with Gasteiger partial charge < -0.3 is 15.2 Å². The Morgan fingerprint density at radius 2 is 1.88 bits per heavy atom. The summed E-state index contributed by atoms with van der Waals surface area (Å²) in [5, 5.41) is 13.1. The number of ether oxygens (including phenoxy) is 1. The van der Waals surface area contributed by atoms with Crippen LogP contribution in [0.1, 0.15) is 24.9 Å². The number of alkyl halides is 3. The van der Waals surface area contributed by atoms with Gasteiger partial charge in [-0.05, 0) is 40.5 Å². The number of halogens is 6. The van der Waals surface area contributed by atoms with Crippen molar-refractivity contribution in [2.45, 2.75) is 25.6 Å². The third-order valence-electron chi connectivity index (χ3n) is 3.75. The molecule has 0 amide bonds. The summed E-state index contributed by atoms with van der Waals surface area (Å²) in [6, 6.07) is 2.24. The van der Waals surface area contributed by atoms with E-state index < -0.39 is 18.6 Å². The molecule has 10 heteroatoms. The Balaban J connectivity index is 0.00000288. The smallest absolute Gasteiger partial charge is 0.390 e. The molecule has 0 bridgehead atoms. The number of nitrogens with one attached hydrogen (secondary N) is 1. The van der Waals surface area contributed by atoms with Crippen LogP contribution in [0.3, 0.4) is 0 Å². The van der Waals surface area contributed by atoms with Gasteiger partial charge in [0.15, 0.2) is 11.5 Å². The van der Waals surface area contributed by atoms with Crippen molar-refractivity contribution >= 4 is 40.7 Å². The van der Waals surface area contributed by atoms with Crippen molar-refractivity contribution in [3.8, 4) is 11.5 Å². The van der Waals surface area contributed by atoms with Crippen molar-refractivity contribution in [2.24, 2.45) is 0 Å². The second-order valence-electron chi connectivity index (χ2n) is 5.40. The topological polar surface area (TPSA) is 44.7 Å². The molecular formula is C15H22BrCl2F3N2O2. The number of nitrogens with zero attached hydrogens (tertiary/aromatic N) is 1. The van der Waals surface area contributed by atoms with Crippen LogP contribution in [0.15, 0.2) is 16.6 Å². The average Bonchev–Trinajstić information content (AvgIpc) is 2.49. The van der Waals surface area contributed by atoms with E-state index in [1.54, 1.807) is 6.92 Å². The molecule has 1 aromatic rings. The zero-order valence-electron chi connectivity index (χ0n) is 13.6. The molecule has 146 valence electrons. The minimum atomic E-state index is -4.27. The Hall–Kier alpha value is -0.410. The molecule has 0 unspecified atom stereocenters. The molecule has 1 aromatic carbocycles. The number of phenols is 1. The quantitative estimate of drug-likeness (QED) is 0.674. The molecule has 1 aliphatic heterocycles. The number of phenolic OH excluding ortho intramolecular Hbond substituents is 1. The van der Waals surface area contributed by atoms with Crippen molar-refractivity contribution < 1.29 is 23.0 Å². The van der Waals surface area contributed by atoms with E-state index in [0.717, 1.165) is 0 Å². The number of piperazine rings is 1. The summed E-state index contributed by atoms with van der Waals surface area (Å²) in [7, 11) is 0. The van der Waals surface area contributed by atoms with E-state index in [9.17, 15) is 18.3 Å². The minimum absolute atomic E-state index is 0. The van der Waals surface area contributed by atoms with Gasteiger partial charge in [0.25, 0.3) is 0 Å². The fourth-order valence-corrected chi connectivity index (χ4v) is 3.18. The lowest BCUT2D eigenvalue weighted by Crippen LogP contribution is -2.46. The number of aromatic hydroxyl groups is 1. The molecule has 1 saturated heterocycles. The van der Waals surface area contributed by atoms with Crippen LogP contribution in [-0.2, 0) is 0 Å². The summed E-state index contributed by atoms with van der Waals surface area (Å²) >= 11 is 3.20. The lowest BCUT2D eigenvalue weighted by molar-refractivity contribution is -0.148. The first-order valence-corrected chi connectivity index (χ1v) is 8.28. The molecule has 25 heavy (non-hydrogen) atoms. The number of rotatable bonds is 5. The molecular weight excluding hydrogens is 448 g/mol. The monoisotopic (exact) mass is 468 g/mol. The molecule has 0 saturated carbocycles. The molecule has 2 rings (SSSR count). The maximum absolute atomic E-state index is 13.0. The zero-order valence-corrected chi connectivity index (χ0v) is 16.8. The largest absolute Gasteiger partial charge is 0.503 e. The summed E-state index contributed by atoms with van der Waals surface area (Å²) < 4.78 is 44.8. The van der Waals surface area contributed by atoms with E-state index >= 15 is 0 Å². The molecule has 1 aliphatic rings. The predicted molar refractivity (Wildman–Crippen MR) is 99.3 cm³/mol. The molecule has 4 nitrogen and oxygen atoms in total. The predicted octanol–water partition coefficient (Wildman–Crippen LogP) is 4.30. The van der Waals surface area contributed by atoms with Crippen molar-refractivity contribution in [1.82, 2.24) is 10.2 Å². The van der Waals surface area contributed by atoms with E-state index in [1.165, 1.54) is 12.1 Å². The van der Waals surface area contributed by atoms with Crippen LogP contribution in [-0.4, -0.2) is 49.0 Å². The Morgan fingerprint density at radius 1 is 1.28 bits per heavy atom. The van der Waals surface area contributed by atoms with Gasteiger partial charge in [-0.1, -0.05) is 0 Å². The highest BCUT2D eigenvalue weighted by Gasteiger charge is 2.36. The molecule has 0 aliphatic carbocycles. The summed E-state index contributed by atoms with van der Waals surface area (Å²) in [5.41, 5.74) is 0.484. The van der Waals surface area contributed by atoms with Crippen LogP contribution >= 0.6 is 40.7 Å². The highest BCUT2D eigenvalue weighted by atomic mass is 79.9. The van der Waals surface area contributed by atoms with Crippen LogP contribution < -0.4 is 10.1 Å². The Morgan fingerprint density at radius 3 is 2.40 bits per heavy atom. The van der Waals surface area contributed by atoms with Gasteiger partial charge in [-0.25, -0.2) is 0 Å². The van der Waals surface area contributed by atoms with E-state index in [0.29, 0.717) is 42.8 Å². The van der Waals surface area contributed by atoms with Gasteiger partial charge in [0.1, 0.15) is 0 Å². The standard InChI is InChI=1S/C15H20BrF3N2O2.2ClH/c1-2-23-13-8-10(7-11(16)14(13)22)12(9-15(17,18)19)21-5-3-20-4-6-21;;/h7-8,12,20,22H,2-6,9H2,1H3;2*1H/t12-;;/m0../s1. The van der Waals surface area contributed by atoms with Crippen LogP contribution in [0.5, 0.6) is 11.5 Å². The maximum Gasteiger partial charge on any atom is 0.390 e. The number of benzene rings is 1. The first-order valence-electron chi connectivity index (χ1n) is 7.48. The number of hydrogen-bond acceptors (Lipinski definition) is 4. The molecule has 1 fully saturated rings. The Bertz CT molecular complexity index is 544. The fraction of sp³-hybridized carbons (Fsp3) is 0.600. The van der Waals surface area contributed by atoms with Gasteiger partial charge >= 0.3 is 6.18 Å². The average molecular weight is 470 g/mol. The molecule has 2 N–H and O–H groups in total.